The Hall–Kier alpha value is -2.59. The fourth-order valence-electron chi connectivity index (χ4n) is 2.37. The summed E-state index contributed by atoms with van der Waals surface area (Å²) in [6.45, 7) is 0.463. The van der Waals surface area contributed by atoms with Gasteiger partial charge >= 0.3 is 0 Å². The molecule has 0 aliphatic heterocycles. The predicted octanol–water partition coefficient (Wildman–Crippen LogP) is 3.57. The first-order valence-corrected chi connectivity index (χ1v) is 6.74. The van der Waals surface area contributed by atoms with Gasteiger partial charge in [0.25, 0.3) is 5.91 Å². The van der Waals surface area contributed by atoms with Gasteiger partial charge in [0, 0.05) is 35.5 Å². The van der Waals surface area contributed by atoms with Gasteiger partial charge in [-0.05, 0) is 12.1 Å². The van der Waals surface area contributed by atoms with Crippen molar-refractivity contribution in [2.24, 2.45) is 0 Å². The molecule has 1 amide bonds. The van der Waals surface area contributed by atoms with Gasteiger partial charge in [-0.3, -0.25) is 4.79 Å². The van der Waals surface area contributed by atoms with Gasteiger partial charge in [0.05, 0.1) is 12.2 Å². The molecule has 0 bridgehead atoms. The van der Waals surface area contributed by atoms with Gasteiger partial charge in [-0.1, -0.05) is 36.4 Å². The Kier molecular flexibility index (Phi) is 3.71. The van der Waals surface area contributed by atoms with Crippen molar-refractivity contribution in [3.05, 3.63) is 65.9 Å². The van der Waals surface area contributed by atoms with E-state index in [1.165, 1.54) is 0 Å². The summed E-state index contributed by atoms with van der Waals surface area (Å²) >= 11 is 0. The number of aromatic nitrogens is 1. The minimum atomic E-state index is -0.129. The maximum Gasteiger partial charge on any atom is 0.257 e. The molecule has 4 nitrogen and oxygen atoms in total. The summed E-state index contributed by atoms with van der Waals surface area (Å²) < 4.78 is 5.15. The molecule has 0 radical (unpaired) electrons. The quantitative estimate of drug-likeness (QED) is 0.767. The van der Waals surface area contributed by atoms with Crippen LogP contribution in [0, 0.1) is 0 Å². The number of amides is 1. The van der Waals surface area contributed by atoms with E-state index in [1.807, 2.05) is 48.5 Å². The molecule has 21 heavy (non-hydrogen) atoms. The first kappa shape index (κ1) is 13.4. The van der Waals surface area contributed by atoms with E-state index >= 15 is 0 Å². The van der Waals surface area contributed by atoms with Crippen LogP contribution in [-0.4, -0.2) is 18.0 Å². The number of ether oxygens (including phenoxy) is 1. The van der Waals surface area contributed by atoms with E-state index in [0.29, 0.717) is 12.2 Å². The lowest BCUT2D eigenvalue weighted by Gasteiger charge is -2.10. The highest BCUT2D eigenvalue weighted by molar-refractivity contribution is 6.12. The number of hydrogen-bond acceptors (Lipinski definition) is 2. The summed E-state index contributed by atoms with van der Waals surface area (Å²) in [5, 5.41) is 3.87. The average Bonchev–Trinajstić information content (AvgIpc) is 2.93. The highest BCUT2D eigenvalue weighted by atomic mass is 16.5. The molecule has 2 aromatic carbocycles. The molecule has 0 fully saturated rings. The Morgan fingerprint density at radius 1 is 1.14 bits per heavy atom. The number of carbonyl (C=O) groups excluding carboxylic acids is 1. The molecular formula is C17H16N2O2. The van der Waals surface area contributed by atoms with Crippen molar-refractivity contribution in [1.82, 2.24) is 4.98 Å². The van der Waals surface area contributed by atoms with E-state index in [0.717, 1.165) is 22.2 Å². The third-order valence-corrected chi connectivity index (χ3v) is 3.40. The summed E-state index contributed by atoms with van der Waals surface area (Å²) in [4.78, 5) is 15.6. The van der Waals surface area contributed by atoms with Crippen molar-refractivity contribution >= 4 is 22.5 Å². The van der Waals surface area contributed by atoms with Crippen LogP contribution in [0.3, 0.4) is 0 Å². The van der Waals surface area contributed by atoms with Crippen molar-refractivity contribution in [2.75, 3.05) is 12.4 Å². The van der Waals surface area contributed by atoms with Crippen LogP contribution in [0.15, 0.2) is 54.7 Å². The second kappa shape index (κ2) is 5.81. The third kappa shape index (κ3) is 2.66. The number of anilines is 1. The predicted molar refractivity (Wildman–Crippen MR) is 83.4 cm³/mol. The van der Waals surface area contributed by atoms with Crippen LogP contribution < -0.4 is 5.32 Å². The van der Waals surface area contributed by atoms with Crippen molar-refractivity contribution in [3.63, 3.8) is 0 Å². The molecule has 106 valence electrons. The van der Waals surface area contributed by atoms with Gasteiger partial charge in [-0.15, -0.1) is 0 Å². The molecule has 0 aliphatic carbocycles. The average molecular weight is 280 g/mol. The summed E-state index contributed by atoms with van der Waals surface area (Å²) in [6, 6.07) is 15.4. The van der Waals surface area contributed by atoms with Crippen LogP contribution in [0.1, 0.15) is 15.9 Å². The molecule has 0 saturated heterocycles. The number of carbonyl (C=O) groups is 1. The monoisotopic (exact) mass is 280 g/mol. The number of methoxy groups -OCH3 is 1. The van der Waals surface area contributed by atoms with Crippen LogP contribution in [-0.2, 0) is 11.3 Å². The van der Waals surface area contributed by atoms with E-state index in [1.54, 1.807) is 13.3 Å². The smallest absolute Gasteiger partial charge is 0.257 e. The van der Waals surface area contributed by atoms with E-state index in [9.17, 15) is 4.79 Å². The van der Waals surface area contributed by atoms with Gasteiger partial charge in [-0.2, -0.15) is 0 Å². The topological polar surface area (TPSA) is 54.1 Å². The fraction of sp³-hybridized carbons (Fsp3) is 0.118. The zero-order chi connectivity index (χ0) is 14.7. The molecule has 0 atom stereocenters. The summed E-state index contributed by atoms with van der Waals surface area (Å²) in [7, 11) is 1.64. The molecule has 1 aromatic heterocycles. The van der Waals surface area contributed by atoms with E-state index in [2.05, 4.69) is 10.3 Å². The Morgan fingerprint density at radius 2 is 1.90 bits per heavy atom. The molecule has 4 heteroatoms. The number of nitrogens with one attached hydrogen (secondary N) is 2. The maximum absolute atomic E-state index is 12.5. The fourth-order valence-corrected chi connectivity index (χ4v) is 2.37. The molecule has 0 aliphatic rings. The minimum Gasteiger partial charge on any atom is -0.380 e. The number of rotatable bonds is 4. The van der Waals surface area contributed by atoms with Crippen molar-refractivity contribution in [1.29, 1.82) is 0 Å². The van der Waals surface area contributed by atoms with Crippen LogP contribution in [0.25, 0.3) is 10.9 Å². The zero-order valence-corrected chi connectivity index (χ0v) is 11.7. The number of benzene rings is 2. The standard InChI is InChI=1S/C17H16N2O2/c1-21-11-12-6-2-4-8-15(12)19-17(20)14-10-18-16-9-5-3-7-13(14)16/h2-10,18H,11H2,1H3,(H,19,20). The Labute approximate surface area is 122 Å². The third-order valence-electron chi connectivity index (χ3n) is 3.40. The Bertz CT molecular complexity index is 777. The molecule has 0 unspecified atom stereocenters. The second-order valence-corrected chi connectivity index (χ2v) is 4.79. The Morgan fingerprint density at radius 3 is 2.76 bits per heavy atom. The van der Waals surface area contributed by atoms with E-state index < -0.39 is 0 Å². The molecule has 3 aromatic rings. The van der Waals surface area contributed by atoms with Crippen LogP contribution in [0.2, 0.25) is 0 Å². The maximum atomic E-state index is 12.5. The number of H-pyrrole nitrogens is 1. The van der Waals surface area contributed by atoms with Crippen molar-refractivity contribution in [2.45, 2.75) is 6.61 Å². The zero-order valence-electron chi connectivity index (χ0n) is 11.7. The summed E-state index contributed by atoms with van der Waals surface area (Å²) in [6.07, 6.45) is 1.74. The summed E-state index contributed by atoms with van der Waals surface area (Å²) in [5.74, 6) is -0.129. The van der Waals surface area contributed by atoms with Crippen molar-refractivity contribution < 1.29 is 9.53 Å². The van der Waals surface area contributed by atoms with Gasteiger partial charge in [-0.25, -0.2) is 0 Å². The van der Waals surface area contributed by atoms with Crippen LogP contribution >= 0.6 is 0 Å². The molecule has 3 rings (SSSR count). The largest absolute Gasteiger partial charge is 0.380 e. The van der Waals surface area contributed by atoms with Crippen LogP contribution in [0.4, 0.5) is 5.69 Å². The van der Waals surface area contributed by atoms with Gasteiger partial charge in [0.1, 0.15) is 0 Å². The Balaban J connectivity index is 1.90. The number of fused-ring (bicyclic) bond motifs is 1. The SMILES string of the molecule is COCc1ccccc1NC(=O)c1c[nH]c2ccccc12. The molecule has 2 N–H and O–H groups in total. The molecule has 0 spiro atoms. The molecule has 0 saturated carbocycles. The van der Waals surface area contributed by atoms with Gasteiger partial charge in [0.15, 0.2) is 0 Å². The van der Waals surface area contributed by atoms with E-state index in [4.69, 9.17) is 4.74 Å². The lowest BCUT2D eigenvalue weighted by molar-refractivity contribution is 0.102. The van der Waals surface area contributed by atoms with Gasteiger partial charge < -0.3 is 15.0 Å². The van der Waals surface area contributed by atoms with Gasteiger partial charge in [0.2, 0.25) is 0 Å². The van der Waals surface area contributed by atoms with Crippen molar-refractivity contribution in [3.8, 4) is 0 Å². The first-order valence-electron chi connectivity index (χ1n) is 6.74. The van der Waals surface area contributed by atoms with E-state index in [-0.39, 0.29) is 5.91 Å². The first-order chi connectivity index (χ1) is 10.3. The number of para-hydroxylation sites is 2. The highest BCUT2D eigenvalue weighted by Gasteiger charge is 2.13. The normalized spacial score (nSPS) is 10.7. The second-order valence-electron chi connectivity index (χ2n) is 4.79. The molecule has 1 heterocycles. The highest BCUT2D eigenvalue weighted by Crippen LogP contribution is 2.21. The number of hydrogen-bond donors (Lipinski definition) is 2. The van der Waals surface area contributed by atoms with Crippen LogP contribution in [0.5, 0.6) is 0 Å². The molecular weight excluding hydrogens is 264 g/mol. The summed E-state index contributed by atoms with van der Waals surface area (Å²) in [5.41, 5.74) is 3.31. The minimum absolute atomic E-state index is 0.129. The lowest BCUT2D eigenvalue weighted by Crippen LogP contribution is -2.13. The number of aromatic amines is 1. The lowest BCUT2D eigenvalue weighted by atomic mass is 10.1.